The van der Waals surface area contributed by atoms with Crippen LogP contribution in [0.5, 0.6) is 5.75 Å². The lowest BCUT2D eigenvalue weighted by atomic mass is 9.44. The zero-order chi connectivity index (χ0) is 26.3. The van der Waals surface area contributed by atoms with E-state index < -0.39 is 0 Å². The van der Waals surface area contributed by atoms with Crippen molar-refractivity contribution in [2.75, 3.05) is 6.61 Å². The topological polar surface area (TPSA) is 26.3 Å². The minimum atomic E-state index is 0.417. The zero-order valence-electron chi connectivity index (χ0n) is 24.7. The lowest BCUT2D eigenvalue weighted by Gasteiger charge is -2.60. The SMILES string of the molecule is CCC(CC1CCCC1)c1cccc(OCC[C@]23CCC4C(CCC5CC(=O)CC[C@@]54C)C2CC[C@@H]3C)c1. The molecule has 8 atom stereocenters. The van der Waals surface area contributed by atoms with E-state index in [-0.39, 0.29) is 0 Å². The van der Waals surface area contributed by atoms with Gasteiger partial charge in [-0.3, -0.25) is 4.79 Å². The molecule has 0 spiro atoms. The van der Waals surface area contributed by atoms with Crippen molar-refractivity contribution < 1.29 is 9.53 Å². The highest BCUT2D eigenvalue weighted by atomic mass is 16.5. The van der Waals surface area contributed by atoms with Crippen molar-refractivity contribution >= 4 is 5.78 Å². The molecule has 5 fully saturated rings. The molecule has 2 heteroatoms. The maximum absolute atomic E-state index is 12.3. The van der Waals surface area contributed by atoms with Gasteiger partial charge in [0, 0.05) is 12.8 Å². The molecular formula is C36H54O2. The van der Waals surface area contributed by atoms with Gasteiger partial charge in [0.25, 0.3) is 0 Å². The molecule has 5 saturated carbocycles. The number of ether oxygens (including phenoxy) is 1. The van der Waals surface area contributed by atoms with Crippen LogP contribution < -0.4 is 4.74 Å². The predicted molar refractivity (Wildman–Crippen MR) is 156 cm³/mol. The molecule has 210 valence electrons. The summed E-state index contributed by atoms with van der Waals surface area (Å²) in [7, 11) is 0. The van der Waals surface area contributed by atoms with E-state index >= 15 is 0 Å². The van der Waals surface area contributed by atoms with Gasteiger partial charge >= 0.3 is 0 Å². The highest BCUT2D eigenvalue weighted by Gasteiger charge is 2.60. The average molecular weight is 519 g/mol. The van der Waals surface area contributed by atoms with Gasteiger partial charge < -0.3 is 4.74 Å². The van der Waals surface area contributed by atoms with Crippen LogP contribution in [0.15, 0.2) is 24.3 Å². The van der Waals surface area contributed by atoms with Crippen molar-refractivity contribution in [1.82, 2.24) is 0 Å². The number of ketones is 1. The maximum atomic E-state index is 12.3. The highest BCUT2D eigenvalue weighted by molar-refractivity contribution is 5.79. The number of hydrogen-bond acceptors (Lipinski definition) is 2. The average Bonchev–Trinajstić information content (AvgIpc) is 3.56. The molecule has 1 aromatic carbocycles. The normalized spacial score (nSPS) is 39.9. The van der Waals surface area contributed by atoms with Crippen molar-refractivity contribution in [2.24, 2.45) is 46.3 Å². The van der Waals surface area contributed by atoms with Crippen LogP contribution in [0.3, 0.4) is 0 Å². The summed E-state index contributed by atoms with van der Waals surface area (Å²) in [4.78, 5) is 12.3. The van der Waals surface area contributed by atoms with Gasteiger partial charge in [-0.15, -0.1) is 0 Å². The van der Waals surface area contributed by atoms with Crippen LogP contribution in [0.1, 0.15) is 135 Å². The van der Waals surface area contributed by atoms with Gasteiger partial charge in [-0.25, -0.2) is 0 Å². The maximum Gasteiger partial charge on any atom is 0.133 e. The van der Waals surface area contributed by atoms with Crippen molar-refractivity contribution in [3.63, 3.8) is 0 Å². The van der Waals surface area contributed by atoms with Crippen LogP contribution in [-0.2, 0) is 4.79 Å². The first-order valence-electron chi connectivity index (χ1n) is 16.7. The Bertz CT molecular complexity index is 977. The third-order valence-electron chi connectivity index (χ3n) is 13.4. The standard InChI is InChI=1S/C36H54O2/c1-4-27(22-26-8-5-6-9-26)28-10-7-11-31(23-28)38-21-20-36-19-17-33-32(34(36)15-12-25(36)2)14-13-29-24-30(37)16-18-35(29,33)3/h7,10-11,23,25-27,29,32-34H,4-6,8-9,12-22,24H2,1-3H3/t25-,27?,29?,32?,33?,34?,35-,36-/m0/s1. The summed E-state index contributed by atoms with van der Waals surface area (Å²) in [6.07, 6.45) is 20.7. The molecule has 0 N–H and O–H groups in total. The molecule has 1 aromatic rings. The van der Waals surface area contributed by atoms with Crippen LogP contribution in [0.25, 0.3) is 0 Å². The fourth-order valence-electron chi connectivity index (χ4n) is 11.1. The third-order valence-corrected chi connectivity index (χ3v) is 13.4. The number of rotatable bonds is 8. The Morgan fingerprint density at radius 3 is 2.66 bits per heavy atom. The van der Waals surface area contributed by atoms with Crippen LogP contribution >= 0.6 is 0 Å². The summed E-state index contributed by atoms with van der Waals surface area (Å²) in [5.74, 6) is 7.33. The first-order chi connectivity index (χ1) is 18.4. The molecule has 0 bridgehead atoms. The summed E-state index contributed by atoms with van der Waals surface area (Å²) in [6, 6.07) is 9.16. The molecule has 0 saturated heterocycles. The Balaban J connectivity index is 1.11. The Labute approximate surface area is 233 Å². The van der Waals surface area contributed by atoms with E-state index in [0.717, 1.165) is 61.2 Å². The minimum absolute atomic E-state index is 0.417. The minimum Gasteiger partial charge on any atom is -0.494 e. The van der Waals surface area contributed by atoms with Crippen LogP contribution in [0, 0.1) is 46.3 Å². The number of benzene rings is 1. The van der Waals surface area contributed by atoms with E-state index in [1.165, 1.54) is 89.0 Å². The van der Waals surface area contributed by atoms with Crippen LogP contribution in [0.4, 0.5) is 0 Å². The van der Waals surface area contributed by atoms with E-state index in [2.05, 4.69) is 45.0 Å². The quantitative estimate of drug-likeness (QED) is 0.342. The molecule has 38 heavy (non-hydrogen) atoms. The van der Waals surface area contributed by atoms with E-state index in [0.29, 0.717) is 28.4 Å². The molecule has 0 aliphatic heterocycles. The van der Waals surface area contributed by atoms with Gasteiger partial charge in [-0.05, 0) is 134 Å². The lowest BCUT2D eigenvalue weighted by molar-refractivity contribution is -0.141. The largest absolute Gasteiger partial charge is 0.494 e. The van der Waals surface area contributed by atoms with Gasteiger partial charge in [0.15, 0.2) is 0 Å². The number of fused-ring (bicyclic) bond motifs is 5. The smallest absolute Gasteiger partial charge is 0.133 e. The Morgan fingerprint density at radius 1 is 1.00 bits per heavy atom. The van der Waals surface area contributed by atoms with E-state index in [4.69, 9.17) is 4.74 Å². The number of hydrogen-bond donors (Lipinski definition) is 0. The molecule has 5 aliphatic carbocycles. The van der Waals surface area contributed by atoms with Gasteiger partial charge in [-0.1, -0.05) is 58.6 Å². The van der Waals surface area contributed by atoms with E-state index in [9.17, 15) is 4.79 Å². The summed E-state index contributed by atoms with van der Waals surface area (Å²) in [5.41, 5.74) is 2.39. The summed E-state index contributed by atoms with van der Waals surface area (Å²) in [5, 5.41) is 0. The van der Waals surface area contributed by atoms with Crippen molar-refractivity contribution in [1.29, 1.82) is 0 Å². The van der Waals surface area contributed by atoms with Gasteiger partial charge in [0.1, 0.15) is 11.5 Å². The third kappa shape index (κ3) is 4.79. The molecule has 5 unspecified atom stereocenters. The summed E-state index contributed by atoms with van der Waals surface area (Å²) >= 11 is 0. The Morgan fingerprint density at radius 2 is 1.84 bits per heavy atom. The summed E-state index contributed by atoms with van der Waals surface area (Å²) < 4.78 is 6.58. The molecule has 0 radical (unpaired) electrons. The Kier molecular flexibility index (Phi) is 7.73. The first kappa shape index (κ1) is 26.9. The zero-order valence-corrected chi connectivity index (χ0v) is 24.7. The molecule has 5 aliphatic rings. The first-order valence-corrected chi connectivity index (χ1v) is 16.7. The second-order valence-electron chi connectivity index (χ2n) is 14.8. The lowest BCUT2D eigenvalue weighted by Crippen LogP contribution is -2.54. The molecule has 0 heterocycles. The summed E-state index contributed by atoms with van der Waals surface area (Å²) in [6.45, 7) is 8.37. The van der Waals surface area contributed by atoms with Gasteiger partial charge in [0.05, 0.1) is 6.61 Å². The second kappa shape index (κ2) is 10.9. The molecule has 0 amide bonds. The van der Waals surface area contributed by atoms with Gasteiger partial charge in [0.2, 0.25) is 0 Å². The number of carbonyl (C=O) groups excluding carboxylic acids is 1. The van der Waals surface area contributed by atoms with Crippen molar-refractivity contribution in [3.8, 4) is 5.75 Å². The molecular weight excluding hydrogens is 464 g/mol. The van der Waals surface area contributed by atoms with Crippen LogP contribution in [-0.4, -0.2) is 12.4 Å². The van der Waals surface area contributed by atoms with Crippen LogP contribution in [0.2, 0.25) is 0 Å². The highest BCUT2D eigenvalue weighted by Crippen LogP contribution is 2.68. The molecule has 2 nitrogen and oxygen atoms in total. The fourth-order valence-corrected chi connectivity index (χ4v) is 11.1. The van der Waals surface area contributed by atoms with Gasteiger partial charge in [-0.2, -0.15) is 0 Å². The van der Waals surface area contributed by atoms with E-state index in [1.807, 2.05) is 0 Å². The second-order valence-corrected chi connectivity index (χ2v) is 14.8. The predicted octanol–water partition coefficient (Wildman–Crippen LogP) is 9.76. The molecule has 0 aromatic heterocycles. The number of Topliss-reactive ketones (excluding diaryl/α,β-unsaturated/α-hetero) is 1. The molecule has 6 rings (SSSR count). The number of carbonyl (C=O) groups is 1. The van der Waals surface area contributed by atoms with Crippen molar-refractivity contribution in [3.05, 3.63) is 29.8 Å². The monoisotopic (exact) mass is 518 g/mol. The fraction of sp³-hybridized carbons (Fsp3) is 0.806. The Hall–Kier alpha value is -1.31. The van der Waals surface area contributed by atoms with E-state index in [1.54, 1.807) is 0 Å². The van der Waals surface area contributed by atoms with Crippen molar-refractivity contribution in [2.45, 2.75) is 129 Å².